The van der Waals surface area contributed by atoms with Crippen LogP contribution in [-0.2, 0) is 10.0 Å². The summed E-state index contributed by atoms with van der Waals surface area (Å²) in [6.07, 6.45) is 2.54. The number of nitrogens with one attached hydrogen (secondary N) is 1. The van der Waals surface area contributed by atoms with Crippen LogP contribution in [0.2, 0.25) is 0 Å². The lowest BCUT2D eigenvalue weighted by Gasteiger charge is -2.21. The summed E-state index contributed by atoms with van der Waals surface area (Å²) in [6.45, 7) is 4.66. The zero-order chi connectivity index (χ0) is 23.7. The number of nitro groups is 1. The third kappa shape index (κ3) is 6.11. The Morgan fingerprint density at radius 2 is 1.78 bits per heavy atom. The summed E-state index contributed by atoms with van der Waals surface area (Å²) in [6, 6.07) is 9.68. The second-order valence-electron chi connectivity index (χ2n) is 6.81. The summed E-state index contributed by atoms with van der Waals surface area (Å²) in [7, 11) is -2.22. The number of sulfonamides is 1. The second kappa shape index (κ2) is 11.3. The Kier molecular flexibility index (Phi) is 8.85. The van der Waals surface area contributed by atoms with Gasteiger partial charge in [0.15, 0.2) is 0 Å². The maximum Gasteiger partial charge on any atom is 0.278 e. The van der Waals surface area contributed by atoms with Gasteiger partial charge in [-0.05, 0) is 49.2 Å². The molecular formula is C21H26N4O6S. The average molecular weight is 463 g/mol. The van der Waals surface area contributed by atoms with Crippen LogP contribution in [0.1, 0.15) is 42.6 Å². The molecule has 0 saturated carbocycles. The van der Waals surface area contributed by atoms with Crippen molar-refractivity contribution in [3.63, 3.8) is 0 Å². The van der Waals surface area contributed by atoms with Gasteiger partial charge in [-0.15, -0.1) is 0 Å². The fourth-order valence-electron chi connectivity index (χ4n) is 2.93. The van der Waals surface area contributed by atoms with Gasteiger partial charge in [0.25, 0.3) is 11.6 Å². The Balaban J connectivity index is 2.15. The monoisotopic (exact) mass is 462 g/mol. The predicted octanol–water partition coefficient (Wildman–Crippen LogP) is 3.18. The first kappa shape index (κ1) is 25.0. The Bertz CT molecular complexity index is 1080. The molecule has 0 aromatic heterocycles. The van der Waals surface area contributed by atoms with Gasteiger partial charge >= 0.3 is 0 Å². The molecule has 0 aliphatic carbocycles. The highest BCUT2D eigenvalue weighted by molar-refractivity contribution is 7.89. The first-order valence-electron chi connectivity index (χ1n) is 10.0. The molecular weight excluding hydrogens is 436 g/mol. The van der Waals surface area contributed by atoms with E-state index in [0.29, 0.717) is 31.7 Å². The number of hydrogen-bond donors (Lipinski definition) is 1. The molecule has 10 nitrogen and oxygen atoms in total. The Hall–Kier alpha value is -3.31. The van der Waals surface area contributed by atoms with Crippen LogP contribution in [0, 0.1) is 10.1 Å². The summed E-state index contributed by atoms with van der Waals surface area (Å²) in [5.74, 6) is -0.185. The average Bonchev–Trinajstić information content (AvgIpc) is 2.78. The van der Waals surface area contributed by atoms with Gasteiger partial charge in [0.2, 0.25) is 10.0 Å². The number of hydrogen-bond acceptors (Lipinski definition) is 7. The standard InChI is InChI=1S/C21H26N4O6S/c1-4-12-24(13-5-2)32(29,30)19-9-6-16(7-10-19)21(26)23-22-15-17-14-18(31-3)8-11-20(17)25(27)28/h6-11,14-15H,4-5,12-13H2,1-3H3,(H,23,26)/b22-15+. The van der Waals surface area contributed by atoms with E-state index in [4.69, 9.17) is 4.74 Å². The van der Waals surface area contributed by atoms with Gasteiger partial charge in [-0.2, -0.15) is 9.41 Å². The third-order valence-corrected chi connectivity index (χ3v) is 6.41. The minimum Gasteiger partial charge on any atom is -0.497 e. The van der Waals surface area contributed by atoms with Gasteiger partial charge in [0, 0.05) is 24.7 Å². The van der Waals surface area contributed by atoms with Crippen LogP contribution in [0.5, 0.6) is 5.75 Å². The molecule has 0 aliphatic heterocycles. The van der Waals surface area contributed by atoms with Crippen molar-refractivity contribution < 1.29 is 22.9 Å². The van der Waals surface area contributed by atoms with Crippen molar-refractivity contribution in [2.45, 2.75) is 31.6 Å². The summed E-state index contributed by atoms with van der Waals surface area (Å²) < 4.78 is 32.1. The number of rotatable bonds is 11. The Morgan fingerprint density at radius 3 is 2.31 bits per heavy atom. The number of amides is 1. The molecule has 0 atom stereocenters. The van der Waals surface area contributed by atoms with Crippen molar-refractivity contribution in [1.82, 2.24) is 9.73 Å². The van der Waals surface area contributed by atoms with Gasteiger partial charge in [-0.1, -0.05) is 13.8 Å². The van der Waals surface area contributed by atoms with Crippen molar-refractivity contribution in [1.29, 1.82) is 0 Å². The molecule has 32 heavy (non-hydrogen) atoms. The number of nitro benzene ring substituents is 1. The van der Waals surface area contributed by atoms with Crippen LogP contribution in [0.25, 0.3) is 0 Å². The predicted molar refractivity (Wildman–Crippen MR) is 120 cm³/mol. The molecule has 0 bridgehead atoms. The third-order valence-electron chi connectivity index (χ3n) is 4.50. The van der Waals surface area contributed by atoms with E-state index in [1.165, 1.54) is 53.9 Å². The highest BCUT2D eigenvalue weighted by Crippen LogP contribution is 2.22. The van der Waals surface area contributed by atoms with E-state index in [9.17, 15) is 23.3 Å². The maximum absolute atomic E-state index is 12.8. The zero-order valence-electron chi connectivity index (χ0n) is 18.1. The maximum atomic E-state index is 12.8. The number of hydrazone groups is 1. The second-order valence-corrected chi connectivity index (χ2v) is 8.75. The molecule has 0 aliphatic rings. The quantitative estimate of drug-likeness (QED) is 0.310. The van der Waals surface area contributed by atoms with Crippen molar-refractivity contribution >= 4 is 27.8 Å². The van der Waals surface area contributed by atoms with Gasteiger partial charge in [0.1, 0.15) is 5.75 Å². The van der Waals surface area contributed by atoms with E-state index in [-0.39, 0.29) is 21.7 Å². The molecule has 2 aromatic carbocycles. The largest absolute Gasteiger partial charge is 0.497 e. The molecule has 0 radical (unpaired) electrons. The molecule has 172 valence electrons. The minimum absolute atomic E-state index is 0.103. The number of benzene rings is 2. The van der Waals surface area contributed by atoms with E-state index >= 15 is 0 Å². The summed E-state index contributed by atoms with van der Waals surface area (Å²) in [5, 5.41) is 14.9. The molecule has 1 amide bonds. The van der Waals surface area contributed by atoms with Crippen molar-refractivity contribution in [2.24, 2.45) is 5.10 Å². The molecule has 2 aromatic rings. The molecule has 0 saturated heterocycles. The molecule has 2 rings (SSSR count). The smallest absolute Gasteiger partial charge is 0.278 e. The number of nitrogens with zero attached hydrogens (tertiary/aromatic N) is 3. The van der Waals surface area contributed by atoms with E-state index in [0.717, 1.165) is 6.21 Å². The fourth-order valence-corrected chi connectivity index (χ4v) is 4.56. The molecule has 1 N–H and O–H groups in total. The zero-order valence-corrected chi connectivity index (χ0v) is 19.0. The van der Waals surface area contributed by atoms with E-state index < -0.39 is 20.9 Å². The summed E-state index contributed by atoms with van der Waals surface area (Å²) >= 11 is 0. The lowest BCUT2D eigenvalue weighted by Crippen LogP contribution is -2.32. The van der Waals surface area contributed by atoms with Crippen LogP contribution in [0.3, 0.4) is 0 Å². The highest BCUT2D eigenvalue weighted by atomic mass is 32.2. The van der Waals surface area contributed by atoms with Crippen molar-refractivity contribution in [3.8, 4) is 5.75 Å². The SMILES string of the molecule is CCCN(CCC)S(=O)(=O)c1ccc(C(=O)N/N=C/c2cc(OC)ccc2[N+](=O)[O-])cc1. The van der Waals surface area contributed by atoms with Crippen LogP contribution in [0.4, 0.5) is 5.69 Å². The Morgan fingerprint density at radius 1 is 1.16 bits per heavy atom. The molecule has 0 unspecified atom stereocenters. The van der Waals surface area contributed by atoms with E-state index in [1.54, 1.807) is 0 Å². The van der Waals surface area contributed by atoms with Gasteiger partial charge in [0.05, 0.1) is 28.7 Å². The Labute approximate surface area is 187 Å². The van der Waals surface area contributed by atoms with Crippen LogP contribution in [-0.4, -0.2) is 50.0 Å². The lowest BCUT2D eigenvalue weighted by molar-refractivity contribution is -0.385. The number of carbonyl (C=O) groups is 1. The van der Waals surface area contributed by atoms with Crippen LogP contribution < -0.4 is 10.2 Å². The van der Waals surface area contributed by atoms with E-state index in [1.807, 2.05) is 13.8 Å². The number of carbonyl (C=O) groups excluding carboxylic acids is 1. The highest BCUT2D eigenvalue weighted by Gasteiger charge is 2.23. The normalized spacial score (nSPS) is 11.6. The van der Waals surface area contributed by atoms with Gasteiger partial charge in [-0.3, -0.25) is 14.9 Å². The molecule has 0 heterocycles. The summed E-state index contributed by atoms with van der Waals surface area (Å²) in [5.41, 5.74) is 2.44. The number of methoxy groups -OCH3 is 1. The fraction of sp³-hybridized carbons (Fsp3) is 0.333. The van der Waals surface area contributed by atoms with Crippen LogP contribution in [0.15, 0.2) is 52.5 Å². The molecule has 0 fully saturated rings. The first-order valence-corrected chi connectivity index (χ1v) is 11.4. The topological polar surface area (TPSA) is 131 Å². The van der Waals surface area contributed by atoms with Crippen molar-refractivity contribution in [3.05, 3.63) is 63.7 Å². The lowest BCUT2D eigenvalue weighted by atomic mass is 10.2. The molecule has 11 heteroatoms. The minimum atomic E-state index is -3.64. The van der Waals surface area contributed by atoms with Crippen LogP contribution >= 0.6 is 0 Å². The van der Waals surface area contributed by atoms with E-state index in [2.05, 4.69) is 10.5 Å². The van der Waals surface area contributed by atoms with Gasteiger partial charge < -0.3 is 4.74 Å². The summed E-state index contributed by atoms with van der Waals surface area (Å²) in [4.78, 5) is 23.0. The van der Waals surface area contributed by atoms with Gasteiger partial charge in [-0.25, -0.2) is 13.8 Å². The number of ether oxygens (including phenoxy) is 1. The molecule has 0 spiro atoms. The van der Waals surface area contributed by atoms with Crippen molar-refractivity contribution in [2.75, 3.05) is 20.2 Å². The first-order chi connectivity index (χ1) is 15.2.